The Hall–Kier alpha value is -1.29. The molecule has 1 amide bonds. The number of rotatable bonds is 2. The first-order chi connectivity index (χ1) is 8.58. The van der Waals surface area contributed by atoms with E-state index < -0.39 is 12.3 Å². The van der Waals surface area contributed by atoms with Gasteiger partial charge in [-0.1, -0.05) is 23.7 Å². The predicted octanol–water partition coefficient (Wildman–Crippen LogP) is 3.74. The smallest absolute Gasteiger partial charge is 0.407 e. The zero-order valence-electron chi connectivity index (χ0n) is 9.85. The van der Waals surface area contributed by atoms with Gasteiger partial charge < -0.3 is 10.0 Å². The molecule has 1 aromatic rings. The molecule has 1 N–H and O–H groups in total. The van der Waals surface area contributed by atoms with Gasteiger partial charge in [0.05, 0.1) is 0 Å². The summed E-state index contributed by atoms with van der Waals surface area (Å²) < 4.78 is 14.3. The average Bonchev–Trinajstić information content (AvgIpc) is 2.39. The van der Waals surface area contributed by atoms with Crippen LogP contribution in [-0.4, -0.2) is 29.2 Å². The molecule has 1 aliphatic heterocycles. The molecule has 0 bridgehead atoms. The van der Waals surface area contributed by atoms with Crippen molar-refractivity contribution in [3.8, 4) is 0 Å². The highest BCUT2D eigenvalue weighted by Gasteiger charge is 2.29. The fourth-order valence-electron chi connectivity index (χ4n) is 2.30. The number of alkyl halides is 1. The van der Waals surface area contributed by atoms with E-state index in [9.17, 15) is 9.18 Å². The van der Waals surface area contributed by atoms with Crippen LogP contribution in [0.3, 0.4) is 0 Å². The molecule has 5 heteroatoms. The molecule has 0 aromatic heterocycles. The van der Waals surface area contributed by atoms with Crippen molar-refractivity contribution in [1.82, 2.24) is 4.90 Å². The van der Waals surface area contributed by atoms with Crippen LogP contribution in [0.25, 0.3) is 0 Å². The largest absolute Gasteiger partial charge is 0.465 e. The van der Waals surface area contributed by atoms with Crippen LogP contribution in [0.5, 0.6) is 0 Å². The number of nitrogens with zero attached hydrogens (tertiary/aromatic N) is 1. The SMILES string of the molecule is O=C(O)N1CCC(C(F)c2ccc(Cl)cc2)CC1. The van der Waals surface area contributed by atoms with E-state index in [0.717, 1.165) is 0 Å². The van der Waals surface area contributed by atoms with Crippen LogP contribution < -0.4 is 0 Å². The summed E-state index contributed by atoms with van der Waals surface area (Å²) in [5, 5.41) is 9.42. The van der Waals surface area contributed by atoms with Crippen LogP contribution in [0.1, 0.15) is 24.6 Å². The lowest BCUT2D eigenvalue weighted by atomic mass is 9.88. The zero-order valence-corrected chi connectivity index (χ0v) is 10.6. The van der Waals surface area contributed by atoms with Crippen LogP contribution in [-0.2, 0) is 0 Å². The Kier molecular flexibility index (Phi) is 4.07. The van der Waals surface area contributed by atoms with Crippen molar-refractivity contribution >= 4 is 17.7 Å². The minimum absolute atomic E-state index is 0.109. The third kappa shape index (κ3) is 2.93. The van der Waals surface area contributed by atoms with Gasteiger partial charge in [-0.2, -0.15) is 0 Å². The van der Waals surface area contributed by atoms with Crippen molar-refractivity contribution in [2.24, 2.45) is 5.92 Å². The maximum Gasteiger partial charge on any atom is 0.407 e. The van der Waals surface area contributed by atoms with Crippen LogP contribution in [0, 0.1) is 5.92 Å². The zero-order chi connectivity index (χ0) is 13.1. The van der Waals surface area contributed by atoms with E-state index in [4.69, 9.17) is 16.7 Å². The van der Waals surface area contributed by atoms with Crippen LogP contribution in [0.2, 0.25) is 5.02 Å². The summed E-state index contributed by atoms with van der Waals surface area (Å²) in [5.41, 5.74) is 0.619. The lowest BCUT2D eigenvalue weighted by Gasteiger charge is -2.31. The lowest BCUT2D eigenvalue weighted by molar-refractivity contribution is 0.101. The Morgan fingerprint density at radius 3 is 2.39 bits per heavy atom. The molecule has 0 spiro atoms. The number of amides is 1. The Balaban J connectivity index is 1.97. The molecule has 1 heterocycles. The maximum absolute atomic E-state index is 14.3. The monoisotopic (exact) mass is 271 g/mol. The highest BCUT2D eigenvalue weighted by atomic mass is 35.5. The van der Waals surface area contributed by atoms with Gasteiger partial charge in [0.25, 0.3) is 0 Å². The second-order valence-electron chi connectivity index (χ2n) is 4.56. The molecule has 0 aliphatic carbocycles. The quantitative estimate of drug-likeness (QED) is 0.890. The Morgan fingerprint density at radius 2 is 1.89 bits per heavy atom. The first-order valence-corrected chi connectivity index (χ1v) is 6.33. The van der Waals surface area contributed by atoms with Gasteiger partial charge >= 0.3 is 6.09 Å². The van der Waals surface area contributed by atoms with Crippen molar-refractivity contribution in [2.75, 3.05) is 13.1 Å². The first kappa shape index (κ1) is 13.1. The van der Waals surface area contributed by atoms with Crippen LogP contribution in [0.4, 0.5) is 9.18 Å². The summed E-state index contributed by atoms with van der Waals surface area (Å²) >= 11 is 5.76. The average molecular weight is 272 g/mol. The minimum atomic E-state index is -1.04. The van der Waals surface area contributed by atoms with E-state index in [0.29, 0.717) is 36.5 Å². The minimum Gasteiger partial charge on any atom is -0.465 e. The van der Waals surface area contributed by atoms with E-state index in [2.05, 4.69) is 0 Å². The highest BCUT2D eigenvalue weighted by Crippen LogP contribution is 2.34. The van der Waals surface area contributed by atoms with Crippen molar-refractivity contribution in [3.05, 3.63) is 34.9 Å². The molecule has 2 rings (SSSR count). The third-order valence-corrected chi connectivity index (χ3v) is 3.66. The molecular weight excluding hydrogens is 257 g/mol. The van der Waals surface area contributed by atoms with E-state index in [1.54, 1.807) is 24.3 Å². The number of hydrogen-bond donors (Lipinski definition) is 1. The van der Waals surface area contributed by atoms with Crippen LogP contribution >= 0.6 is 11.6 Å². The van der Waals surface area contributed by atoms with Gasteiger partial charge in [0.15, 0.2) is 0 Å². The molecule has 1 aliphatic rings. The fourth-order valence-corrected chi connectivity index (χ4v) is 2.43. The Bertz CT molecular complexity index is 416. The molecule has 0 radical (unpaired) electrons. The maximum atomic E-state index is 14.3. The number of benzene rings is 1. The molecule has 1 saturated heterocycles. The molecule has 0 saturated carbocycles. The summed E-state index contributed by atoms with van der Waals surface area (Å²) in [6, 6.07) is 6.73. The van der Waals surface area contributed by atoms with Gasteiger partial charge in [-0.25, -0.2) is 9.18 Å². The second-order valence-corrected chi connectivity index (χ2v) is 5.00. The molecule has 1 aromatic carbocycles. The van der Waals surface area contributed by atoms with Crippen molar-refractivity contribution in [3.63, 3.8) is 0 Å². The Morgan fingerprint density at radius 1 is 1.33 bits per heavy atom. The molecule has 98 valence electrons. The summed E-state index contributed by atoms with van der Waals surface area (Å²) in [5.74, 6) is -0.109. The molecule has 3 nitrogen and oxygen atoms in total. The number of likely N-dealkylation sites (tertiary alicyclic amines) is 1. The van der Waals surface area contributed by atoms with Crippen LogP contribution in [0.15, 0.2) is 24.3 Å². The van der Waals surface area contributed by atoms with Crippen molar-refractivity contribution in [2.45, 2.75) is 19.0 Å². The van der Waals surface area contributed by atoms with Gasteiger partial charge in [-0.05, 0) is 36.5 Å². The number of piperidine rings is 1. The van der Waals surface area contributed by atoms with Gasteiger partial charge in [0.2, 0.25) is 0 Å². The topological polar surface area (TPSA) is 40.5 Å². The summed E-state index contributed by atoms with van der Waals surface area (Å²) in [6.45, 7) is 0.821. The predicted molar refractivity (Wildman–Crippen MR) is 67.6 cm³/mol. The molecule has 1 atom stereocenters. The lowest BCUT2D eigenvalue weighted by Crippen LogP contribution is -2.38. The summed E-state index contributed by atoms with van der Waals surface area (Å²) in [7, 11) is 0. The number of carboxylic acid groups (broad SMARTS) is 1. The molecular formula is C13H15ClFNO2. The van der Waals surface area contributed by atoms with Gasteiger partial charge in [-0.3, -0.25) is 0 Å². The summed E-state index contributed by atoms with van der Waals surface area (Å²) in [6.07, 6.45) is -0.833. The second kappa shape index (κ2) is 5.57. The fraction of sp³-hybridized carbons (Fsp3) is 0.462. The van der Waals surface area contributed by atoms with Crippen molar-refractivity contribution in [1.29, 1.82) is 0 Å². The molecule has 1 fully saturated rings. The Labute approximate surface area is 110 Å². The molecule has 1 unspecified atom stereocenters. The normalized spacial score (nSPS) is 18.7. The summed E-state index contributed by atoms with van der Waals surface area (Å²) in [4.78, 5) is 12.1. The first-order valence-electron chi connectivity index (χ1n) is 5.95. The van der Waals surface area contributed by atoms with E-state index in [-0.39, 0.29) is 5.92 Å². The van der Waals surface area contributed by atoms with E-state index in [1.165, 1.54) is 4.90 Å². The van der Waals surface area contributed by atoms with Crippen molar-refractivity contribution < 1.29 is 14.3 Å². The van der Waals surface area contributed by atoms with Gasteiger partial charge in [-0.15, -0.1) is 0 Å². The van der Waals surface area contributed by atoms with Gasteiger partial charge in [0.1, 0.15) is 6.17 Å². The number of carbonyl (C=O) groups is 1. The van der Waals surface area contributed by atoms with E-state index >= 15 is 0 Å². The van der Waals surface area contributed by atoms with Gasteiger partial charge in [0, 0.05) is 18.1 Å². The molecule has 18 heavy (non-hydrogen) atoms. The highest BCUT2D eigenvalue weighted by molar-refractivity contribution is 6.30. The standard InChI is InChI=1S/C13H15ClFNO2/c14-11-3-1-9(2-4-11)12(15)10-5-7-16(8-6-10)13(17)18/h1-4,10,12H,5-8H2,(H,17,18). The number of halogens is 2. The third-order valence-electron chi connectivity index (χ3n) is 3.41. The number of hydrogen-bond acceptors (Lipinski definition) is 1. The van der Waals surface area contributed by atoms with E-state index in [1.807, 2.05) is 0 Å².